The highest BCUT2D eigenvalue weighted by molar-refractivity contribution is 5.97. The number of likely N-dealkylation sites (tertiary alicyclic amines) is 1. The van der Waals surface area contributed by atoms with E-state index in [1.54, 1.807) is 0 Å². The van der Waals surface area contributed by atoms with Crippen molar-refractivity contribution in [2.45, 2.75) is 64.6 Å². The maximum absolute atomic E-state index is 13.3. The summed E-state index contributed by atoms with van der Waals surface area (Å²) in [5.41, 5.74) is 1.87. The number of amides is 1. The molecule has 1 aromatic rings. The number of carbonyl (C=O) groups is 2. The zero-order valence-corrected chi connectivity index (χ0v) is 16.8. The van der Waals surface area contributed by atoms with E-state index < -0.39 is 6.04 Å². The van der Waals surface area contributed by atoms with Crippen LogP contribution in [0.1, 0.15) is 61.9 Å². The van der Waals surface area contributed by atoms with Crippen LogP contribution in [0.2, 0.25) is 0 Å². The Morgan fingerprint density at radius 1 is 1.11 bits per heavy atom. The number of esters is 1. The number of benzene rings is 1. The molecular weight excluding hydrogens is 340 g/mol. The highest BCUT2D eigenvalue weighted by atomic mass is 16.5. The summed E-state index contributed by atoms with van der Waals surface area (Å²) in [6, 6.07) is 7.62. The molecule has 0 aromatic heterocycles. The molecule has 0 N–H and O–H groups in total. The van der Waals surface area contributed by atoms with Gasteiger partial charge in [0.25, 0.3) is 5.91 Å². The van der Waals surface area contributed by atoms with Gasteiger partial charge in [-0.15, -0.1) is 0 Å². The molecule has 148 valence electrons. The first kappa shape index (κ1) is 19.9. The summed E-state index contributed by atoms with van der Waals surface area (Å²) in [7, 11) is 1.41. The van der Waals surface area contributed by atoms with Gasteiger partial charge < -0.3 is 9.64 Å². The lowest BCUT2D eigenvalue weighted by molar-refractivity contribution is -0.145. The quantitative estimate of drug-likeness (QED) is 0.718. The van der Waals surface area contributed by atoms with Crippen molar-refractivity contribution in [3.05, 3.63) is 35.4 Å². The van der Waals surface area contributed by atoms with Crippen LogP contribution in [-0.4, -0.2) is 54.0 Å². The van der Waals surface area contributed by atoms with E-state index in [1.165, 1.54) is 19.1 Å². The van der Waals surface area contributed by atoms with Crippen molar-refractivity contribution in [2.75, 3.05) is 20.2 Å². The van der Waals surface area contributed by atoms with Crippen LogP contribution in [0.25, 0.3) is 0 Å². The van der Waals surface area contributed by atoms with E-state index in [4.69, 9.17) is 4.74 Å². The highest BCUT2D eigenvalue weighted by Crippen LogP contribution is 2.40. The number of rotatable bonds is 6. The van der Waals surface area contributed by atoms with Crippen molar-refractivity contribution in [2.24, 2.45) is 5.92 Å². The van der Waals surface area contributed by atoms with Gasteiger partial charge in [0.1, 0.15) is 6.04 Å². The Morgan fingerprint density at radius 2 is 1.78 bits per heavy atom. The minimum absolute atomic E-state index is 0.0332. The second-order valence-corrected chi connectivity index (χ2v) is 7.76. The number of hydrogen-bond acceptors (Lipinski definition) is 4. The molecule has 3 atom stereocenters. The van der Waals surface area contributed by atoms with E-state index in [-0.39, 0.29) is 17.9 Å². The van der Waals surface area contributed by atoms with Gasteiger partial charge in [-0.3, -0.25) is 9.69 Å². The first-order chi connectivity index (χ1) is 13.1. The standard InChI is InChI=1S/C22H32N2O3/c1-4-23(5-2)15-16-10-12-17(13-11-16)21(25)24-19-9-7-6-8-18(19)14-20(24)22(26)27-3/h10-13,18-20H,4-9,14-15H2,1-3H3. The summed E-state index contributed by atoms with van der Waals surface area (Å²) in [6.07, 6.45) is 5.15. The fraction of sp³-hybridized carbons (Fsp3) is 0.636. The predicted octanol–water partition coefficient (Wildman–Crippen LogP) is 3.47. The number of methoxy groups -OCH3 is 1. The molecule has 1 saturated carbocycles. The molecular formula is C22H32N2O3. The van der Waals surface area contributed by atoms with Crippen LogP contribution < -0.4 is 0 Å². The Hall–Kier alpha value is -1.88. The molecule has 0 bridgehead atoms. The summed E-state index contributed by atoms with van der Waals surface area (Å²) in [5, 5.41) is 0. The van der Waals surface area contributed by atoms with Crippen LogP contribution in [0.5, 0.6) is 0 Å². The lowest BCUT2D eigenvalue weighted by atomic mass is 9.84. The van der Waals surface area contributed by atoms with E-state index in [1.807, 2.05) is 29.2 Å². The Labute approximate surface area is 162 Å². The van der Waals surface area contributed by atoms with Crippen molar-refractivity contribution in [3.8, 4) is 0 Å². The normalized spacial score (nSPS) is 24.7. The van der Waals surface area contributed by atoms with Crippen LogP contribution in [0, 0.1) is 5.92 Å². The van der Waals surface area contributed by atoms with Gasteiger partial charge in [0.15, 0.2) is 0 Å². The molecule has 3 unspecified atom stereocenters. The highest BCUT2D eigenvalue weighted by Gasteiger charge is 2.48. The van der Waals surface area contributed by atoms with Crippen LogP contribution >= 0.6 is 0 Å². The lowest BCUT2D eigenvalue weighted by Gasteiger charge is -2.33. The molecule has 1 heterocycles. The monoisotopic (exact) mass is 372 g/mol. The second-order valence-electron chi connectivity index (χ2n) is 7.76. The molecule has 1 saturated heterocycles. The van der Waals surface area contributed by atoms with Crippen LogP contribution in [-0.2, 0) is 16.1 Å². The van der Waals surface area contributed by atoms with Gasteiger partial charge in [-0.2, -0.15) is 0 Å². The van der Waals surface area contributed by atoms with Gasteiger partial charge in [0.05, 0.1) is 7.11 Å². The third kappa shape index (κ3) is 4.18. The molecule has 27 heavy (non-hydrogen) atoms. The Kier molecular flexibility index (Phi) is 6.53. The maximum atomic E-state index is 13.3. The molecule has 1 amide bonds. The number of carbonyl (C=O) groups excluding carboxylic acids is 2. The summed E-state index contributed by atoms with van der Waals surface area (Å²) >= 11 is 0. The maximum Gasteiger partial charge on any atom is 0.328 e. The first-order valence-electron chi connectivity index (χ1n) is 10.3. The summed E-state index contributed by atoms with van der Waals surface area (Å²) < 4.78 is 5.01. The van der Waals surface area contributed by atoms with Crippen molar-refractivity contribution < 1.29 is 14.3 Å². The van der Waals surface area contributed by atoms with E-state index in [0.717, 1.165) is 45.3 Å². The molecule has 5 heteroatoms. The molecule has 0 spiro atoms. The zero-order valence-electron chi connectivity index (χ0n) is 16.8. The van der Waals surface area contributed by atoms with Gasteiger partial charge >= 0.3 is 5.97 Å². The van der Waals surface area contributed by atoms with Gasteiger partial charge in [-0.05, 0) is 56.0 Å². The van der Waals surface area contributed by atoms with E-state index in [0.29, 0.717) is 11.5 Å². The Bertz CT molecular complexity index is 654. The number of nitrogens with zero attached hydrogens (tertiary/aromatic N) is 2. The average molecular weight is 373 g/mol. The minimum Gasteiger partial charge on any atom is -0.467 e. The molecule has 0 radical (unpaired) electrons. The first-order valence-corrected chi connectivity index (χ1v) is 10.3. The lowest BCUT2D eigenvalue weighted by Crippen LogP contribution is -2.46. The fourth-order valence-electron chi connectivity index (χ4n) is 4.71. The summed E-state index contributed by atoms with van der Waals surface area (Å²) in [5.74, 6) is 0.110. The largest absolute Gasteiger partial charge is 0.467 e. The number of fused-ring (bicyclic) bond motifs is 1. The van der Waals surface area contributed by atoms with Crippen molar-refractivity contribution >= 4 is 11.9 Å². The number of hydrogen-bond donors (Lipinski definition) is 0. The van der Waals surface area contributed by atoms with E-state index >= 15 is 0 Å². The van der Waals surface area contributed by atoms with Crippen LogP contribution in [0.15, 0.2) is 24.3 Å². The van der Waals surface area contributed by atoms with Crippen molar-refractivity contribution in [1.82, 2.24) is 9.80 Å². The smallest absolute Gasteiger partial charge is 0.328 e. The fourth-order valence-corrected chi connectivity index (χ4v) is 4.71. The van der Waals surface area contributed by atoms with Gasteiger partial charge in [-0.1, -0.05) is 38.8 Å². The zero-order chi connectivity index (χ0) is 19.4. The molecule has 1 aromatic carbocycles. The third-order valence-electron chi connectivity index (χ3n) is 6.30. The summed E-state index contributed by atoms with van der Waals surface area (Å²) in [4.78, 5) is 29.8. The van der Waals surface area contributed by atoms with Gasteiger partial charge in [-0.25, -0.2) is 4.79 Å². The van der Waals surface area contributed by atoms with Gasteiger partial charge in [0.2, 0.25) is 0 Å². The van der Waals surface area contributed by atoms with Crippen molar-refractivity contribution in [3.63, 3.8) is 0 Å². The molecule has 1 aliphatic heterocycles. The van der Waals surface area contributed by atoms with E-state index in [2.05, 4.69) is 18.7 Å². The predicted molar refractivity (Wildman–Crippen MR) is 105 cm³/mol. The SMILES string of the molecule is CCN(CC)Cc1ccc(C(=O)N2C(C(=O)OC)CC3CCCCC32)cc1. The Balaban J connectivity index is 1.78. The third-order valence-corrected chi connectivity index (χ3v) is 6.30. The van der Waals surface area contributed by atoms with Crippen LogP contribution in [0.4, 0.5) is 0 Å². The topological polar surface area (TPSA) is 49.9 Å². The molecule has 1 aliphatic carbocycles. The molecule has 2 aliphatic rings. The second kappa shape index (κ2) is 8.87. The van der Waals surface area contributed by atoms with Gasteiger partial charge in [0, 0.05) is 18.2 Å². The number of ether oxygens (including phenoxy) is 1. The van der Waals surface area contributed by atoms with Crippen LogP contribution in [0.3, 0.4) is 0 Å². The molecule has 3 rings (SSSR count). The molecule has 5 nitrogen and oxygen atoms in total. The van der Waals surface area contributed by atoms with E-state index in [9.17, 15) is 9.59 Å². The summed E-state index contributed by atoms with van der Waals surface area (Å²) in [6.45, 7) is 7.22. The minimum atomic E-state index is -0.439. The van der Waals surface area contributed by atoms with Crippen molar-refractivity contribution in [1.29, 1.82) is 0 Å². The molecule has 2 fully saturated rings. The Morgan fingerprint density at radius 3 is 2.41 bits per heavy atom. The average Bonchev–Trinajstić information content (AvgIpc) is 3.11.